The molecular weight excluding hydrogens is 216 g/mol. The van der Waals surface area contributed by atoms with Crippen LogP contribution in [-0.2, 0) is 9.53 Å². The predicted octanol–water partition coefficient (Wildman–Crippen LogP) is 1.92. The van der Waals surface area contributed by atoms with Crippen LogP contribution in [0.15, 0.2) is 0 Å². The summed E-state index contributed by atoms with van der Waals surface area (Å²) in [6.07, 6.45) is 4.83. The van der Waals surface area contributed by atoms with Crippen LogP contribution >= 0.6 is 0 Å². The van der Waals surface area contributed by atoms with E-state index in [1.807, 2.05) is 0 Å². The molecule has 0 aromatic rings. The van der Waals surface area contributed by atoms with Crippen LogP contribution in [0.3, 0.4) is 0 Å². The summed E-state index contributed by atoms with van der Waals surface area (Å²) < 4.78 is 5.72. The number of aliphatic hydroxyl groups excluding tert-OH is 1. The fraction of sp³-hybridized carbons (Fsp3) is 0.929. The second-order valence-electron chi connectivity index (χ2n) is 6.69. The van der Waals surface area contributed by atoms with E-state index in [4.69, 9.17) is 4.74 Å². The van der Waals surface area contributed by atoms with Crippen molar-refractivity contribution < 1.29 is 14.6 Å². The lowest BCUT2D eigenvalue weighted by Gasteiger charge is -2.52. The van der Waals surface area contributed by atoms with Crippen LogP contribution < -0.4 is 0 Å². The lowest BCUT2D eigenvalue weighted by atomic mass is 9.52. The van der Waals surface area contributed by atoms with Crippen molar-refractivity contribution in [3.63, 3.8) is 0 Å². The summed E-state index contributed by atoms with van der Waals surface area (Å²) in [5.74, 6) is 0.994. The zero-order valence-electron chi connectivity index (χ0n) is 10.7. The van der Waals surface area contributed by atoms with Crippen molar-refractivity contribution in [2.45, 2.75) is 57.7 Å². The number of aliphatic hydroxyl groups is 1. The Balaban J connectivity index is 1.77. The largest absolute Gasteiger partial charge is 0.396 e. The van der Waals surface area contributed by atoms with Gasteiger partial charge in [0.25, 0.3) is 0 Å². The molecule has 3 nitrogen and oxygen atoms in total. The van der Waals surface area contributed by atoms with E-state index in [0.29, 0.717) is 24.2 Å². The lowest BCUT2D eigenvalue weighted by Crippen LogP contribution is -2.51. The molecular formula is C14H22O3. The standard InChI is InChI=1S/C14H22O3/c1-13(8-15)7-9-10(13)5-6-14(2)12(17-14)4-3-11(9)16/h9-10,12,15H,3-8H2,1-2H3. The minimum atomic E-state index is -0.0224. The first-order valence-electron chi connectivity index (χ1n) is 6.80. The summed E-state index contributed by atoms with van der Waals surface area (Å²) in [6.45, 7) is 4.49. The number of carbonyl (C=O) groups is 1. The molecule has 1 heterocycles. The highest BCUT2D eigenvalue weighted by Crippen LogP contribution is 2.57. The number of rotatable bonds is 1. The molecule has 5 unspecified atom stereocenters. The molecule has 3 heteroatoms. The maximum atomic E-state index is 12.1. The fourth-order valence-corrected chi connectivity index (χ4v) is 3.97. The number of hydrogen-bond acceptors (Lipinski definition) is 3. The van der Waals surface area contributed by atoms with Crippen molar-refractivity contribution in [1.82, 2.24) is 0 Å². The summed E-state index contributed by atoms with van der Waals surface area (Å²) in [5, 5.41) is 9.50. The van der Waals surface area contributed by atoms with Gasteiger partial charge in [-0.15, -0.1) is 0 Å². The Hall–Kier alpha value is -0.410. The maximum absolute atomic E-state index is 12.1. The minimum absolute atomic E-state index is 0.0224. The zero-order chi connectivity index (χ0) is 12.3. The quantitative estimate of drug-likeness (QED) is 0.710. The normalized spacial score (nSPS) is 53.6. The summed E-state index contributed by atoms with van der Waals surface area (Å²) >= 11 is 0. The highest BCUT2D eigenvalue weighted by molar-refractivity contribution is 5.82. The van der Waals surface area contributed by atoms with Crippen LogP contribution in [0.4, 0.5) is 0 Å². The van der Waals surface area contributed by atoms with Gasteiger partial charge in [-0.25, -0.2) is 0 Å². The Morgan fingerprint density at radius 3 is 2.88 bits per heavy atom. The van der Waals surface area contributed by atoms with Crippen molar-refractivity contribution >= 4 is 5.78 Å². The van der Waals surface area contributed by atoms with Crippen molar-refractivity contribution in [1.29, 1.82) is 0 Å². The molecule has 5 atom stereocenters. The number of carbonyl (C=O) groups excluding carboxylic acids is 1. The minimum Gasteiger partial charge on any atom is -0.396 e. The van der Waals surface area contributed by atoms with E-state index in [1.165, 1.54) is 0 Å². The molecule has 96 valence electrons. The molecule has 3 fully saturated rings. The molecule has 3 rings (SSSR count). The zero-order valence-corrected chi connectivity index (χ0v) is 10.7. The average Bonchev–Trinajstić information content (AvgIpc) is 2.92. The van der Waals surface area contributed by atoms with Gasteiger partial charge in [0.05, 0.1) is 11.7 Å². The fourth-order valence-electron chi connectivity index (χ4n) is 3.97. The third-order valence-electron chi connectivity index (χ3n) is 5.48. The highest BCUT2D eigenvalue weighted by atomic mass is 16.6. The van der Waals surface area contributed by atoms with Gasteiger partial charge in [-0.3, -0.25) is 4.79 Å². The molecule has 2 aliphatic carbocycles. The molecule has 0 amide bonds. The Kier molecular flexibility index (Phi) is 2.43. The van der Waals surface area contributed by atoms with Gasteiger partial charge >= 0.3 is 0 Å². The molecule has 0 bridgehead atoms. The van der Waals surface area contributed by atoms with Crippen molar-refractivity contribution in [2.24, 2.45) is 17.3 Å². The van der Waals surface area contributed by atoms with Gasteiger partial charge < -0.3 is 9.84 Å². The maximum Gasteiger partial charge on any atom is 0.136 e. The molecule has 0 radical (unpaired) electrons. The summed E-state index contributed by atoms with van der Waals surface area (Å²) in [4.78, 5) is 12.1. The number of Topliss-reactive ketones (excluding diaryl/α,β-unsaturated/α-hetero) is 1. The van der Waals surface area contributed by atoms with Gasteiger partial charge in [-0.1, -0.05) is 6.92 Å². The third kappa shape index (κ3) is 1.66. The summed E-state index contributed by atoms with van der Waals surface area (Å²) in [7, 11) is 0. The van der Waals surface area contributed by atoms with E-state index in [-0.39, 0.29) is 23.5 Å². The molecule has 0 aromatic carbocycles. The van der Waals surface area contributed by atoms with Gasteiger partial charge in [0.1, 0.15) is 5.78 Å². The van der Waals surface area contributed by atoms with E-state index >= 15 is 0 Å². The van der Waals surface area contributed by atoms with Crippen LogP contribution in [0, 0.1) is 17.3 Å². The average molecular weight is 238 g/mol. The molecule has 1 N–H and O–H groups in total. The van der Waals surface area contributed by atoms with Gasteiger partial charge in [0, 0.05) is 18.9 Å². The summed E-state index contributed by atoms with van der Waals surface area (Å²) in [5.41, 5.74) is 0.00649. The third-order valence-corrected chi connectivity index (χ3v) is 5.48. The number of epoxide rings is 1. The van der Waals surface area contributed by atoms with Crippen molar-refractivity contribution in [3.8, 4) is 0 Å². The molecule has 3 aliphatic rings. The van der Waals surface area contributed by atoms with Crippen LogP contribution in [-0.4, -0.2) is 29.2 Å². The van der Waals surface area contributed by atoms with Crippen molar-refractivity contribution in [3.05, 3.63) is 0 Å². The Labute approximate surface area is 103 Å². The van der Waals surface area contributed by atoms with E-state index in [0.717, 1.165) is 25.7 Å². The van der Waals surface area contributed by atoms with Gasteiger partial charge in [0.2, 0.25) is 0 Å². The highest BCUT2D eigenvalue weighted by Gasteiger charge is 2.58. The van der Waals surface area contributed by atoms with E-state index in [2.05, 4.69) is 13.8 Å². The first-order chi connectivity index (χ1) is 7.98. The lowest BCUT2D eigenvalue weighted by molar-refractivity contribution is -0.143. The van der Waals surface area contributed by atoms with E-state index in [9.17, 15) is 9.90 Å². The number of ether oxygens (including phenoxy) is 1. The van der Waals surface area contributed by atoms with Crippen LogP contribution in [0.2, 0.25) is 0 Å². The number of ketones is 1. The summed E-state index contributed by atoms with van der Waals surface area (Å²) in [6, 6.07) is 0. The van der Waals surface area contributed by atoms with Crippen LogP contribution in [0.25, 0.3) is 0 Å². The van der Waals surface area contributed by atoms with Crippen LogP contribution in [0.5, 0.6) is 0 Å². The van der Waals surface area contributed by atoms with Crippen LogP contribution in [0.1, 0.15) is 46.0 Å². The SMILES string of the molecule is CC1(CO)CC2C(=O)CCC3OC3(C)CCC21. The number of fused-ring (bicyclic) bond motifs is 2. The predicted molar refractivity (Wildman–Crippen MR) is 63.5 cm³/mol. The van der Waals surface area contributed by atoms with Gasteiger partial charge in [-0.2, -0.15) is 0 Å². The molecule has 0 aromatic heterocycles. The first kappa shape index (κ1) is 11.7. The topological polar surface area (TPSA) is 49.8 Å². The Morgan fingerprint density at radius 2 is 2.18 bits per heavy atom. The Bertz CT molecular complexity index is 353. The molecule has 2 saturated carbocycles. The van der Waals surface area contributed by atoms with E-state index in [1.54, 1.807) is 0 Å². The van der Waals surface area contributed by atoms with Crippen molar-refractivity contribution in [2.75, 3.05) is 6.61 Å². The van der Waals surface area contributed by atoms with E-state index < -0.39 is 0 Å². The number of hydrogen-bond donors (Lipinski definition) is 1. The van der Waals surface area contributed by atoms with Gasteiger partial charge in [0.15, 0.2) is 0 Å². The smallest absolute Gasteiger partial charge is 0.136 e. The second-order valence-corrected chi connectivity index (χ2v) is 6.69. The van der Waals surface area contributed by atoms with Gasteiger partial charge in [-0.05, 0) is 43.9 Å². The molecule has 1 saturated heterocycles. The monoisotopic (exact) mass is 238 g/mol. The first-order valence-corrected chi connectivity index (χ1v) is 6.80. The molecule has 17 heavy (non-hydrogen) atoms. The Morgan fingerprint density at radius 1 is 1.41 bits per heavy atom. The second kappa shape index (κ2) is 3.55. The molecule has 1 aliphatic heterocycles. The molecule has 0 spiro atoms.